The van der Waals surface area contributed by atoms with Crippen LogP contribution in [0.4, 0.5) is 4.39 Å². The Bertz CT molecular complexity index is 739. The Labute approximate surface area is 171 Å². The number of aryl methyl sites for hydroxylation is 2. The van der Waals surface area contributed by atoms with Crippen molar-refractivity contribution < 1.29 is 4.39 Å². The Morgan fingerprint density at radius 1 is 1.31 bits per heavy atom. The van der Waals surface area contributed by atoms with Gasteiger partial charge in [0, 0.05) is 38.8 Å². The minimum atomic E-state index is -0.110. The fourth-order valence-electron chi connectivity index (χ4n) is 3.16. The summed E-state index contributed by atoms with van der Waals surface area (Å²) in [5.41, 5.74) is 1.97. The average molecular weight is 471 g/mol. The van der Waals surface area contributed by atoms with Crippen molar-refractivity contribution in [3.8, 4) is 0 Å². The van der Waals surface area contributed by atoms with Gasteiger partial charge in [0.25, 0.3) is 0 Å². The van der Waals surface area contributed by atoms with E-state index in [1.165, 1.54) is 5.56 Å². The molecule has 142 valence electrons. The molecule has 3 rings (SSSR count). The first-order valence-corrected chi connectivity index (χ1v) is 8.80. The van der Waals surface area contributed by atoms with Crippen LogP contribution < -0.4 is 10.6 Å². The van der Waals surface area contributed by atoms with Crippen LogP contribution in [0, 0.1) is 5.82 Å². The molecule has 2 aromatic rings. The van der Waals surface area contributed by atoms with Crippen molar-refractivity contribution >= 4 is 29.9 Å². The maximum absolute atomic E-state index is 14.1. The van der Waals surface area contributed by atoms with Gasteiger partial charge in [0.2, 0.25) is 0 Å². The molecule has 5 nitrogen and oxygen atoms in total. The van der Waals surface area contributed by atoms with Crippen molar-refractivity contribution in [2.24, 2.45) is 12.0 Å². The highest BCUT2D eigenvalue weighted by Gasteiger charge is 2.45. The second-order valence-electron chi connectivity index (χ2n) is 6.74. The van der Waals surface area contributed by atoms with Gasteiger partial charge in [0.1, 0.15) is 5.82 Å². The summed E-state index contributed by atoms with van der Waals surface area (Å²) < 4.78 is 15.9. The lowest BCUT2D eigenvalue weighted by molar-refractivity contribution is 0.559. The number of aromatic nitrogens is 2. The van der Waals surface area contributed by atoms with Crippen LogP contribution in [-0.2, 0) is 18.9 Å². The van der Waals surface area contributed by atoms with Crippen LogP contribution in [-0.4, -0.2) is 35.9 Å². The van der Waals surface area contributed by atoms with Gasteiger partial charge in [-0.05, 0) is 42.9 Å². The van der Waals surface area contributed by atoms with E-state index >= 15 is 0 Å². The number of rotatable bonds is 7. The lowest BCUT2D eigenvalue weighted by atomic mass is 9.95. The van der Waals surface area contributed by atoms with Crippen LogP contribution in [0.15, 0.2) is 41.7 Å². The van der Waals surface area contributed by atoms with E-state index in [0.717, 1.165) is 43.8 Å². The van der Waals surface area contributed by atoms with Gasteiger partial charge >= 0.3 is 0 Å². The van der Waals surface area contributed by atoms with Crippen LogP contribution in [0.3, 0.4) is 0 Å². The SMILES string of the molecule is CN=C(NCCCc1cnn(C)c1)NCC1(c2ccccc2F)CC1.I. The Hall–Kier alpha value is -1.64. The highest BCUT2D eigenvalue weighted by Crippen LogP contribution is 2.48. The van der Waals surface area contributed by atoms with Crippen LogP contribution in [0.2, 0.25) is 0 Å². The number of halogens is 2. The fraction of sp³-hybridized carbons (Fsp3) is 0.474. The normalized spacial score (nSPS) is 15.3. The zero-order valence-corrected chi connectivity index (χ0v) is 17.7. The summed E-state index contributed by atoms with van der Waals surface area (Å²) in [6.07, 6.45) is 7.95. The highest BCUT2D eigenvalue weighted by molar-refractivity contribution is 14.0. The second kappa shape index (κ2) is 9.34. The molecule has 0 atom stereocenters. The molecule has 0 bridgehead atoms. The summed E-state index contributed by atoms with van der Waals surface area (Å²) in [6.45, 7) is 1.54. The van der Waals surface area contributed by atoms with Gasteiger partial charge in [-0.25, -0.2) is 4.39 Å². The van der Waals surface area contributed by atoms with Crippen LogP contribution in [0.1, 0.15) is 30.4 Å². The molecule has 0 unspecified atom stereocenters. The van der Waals surface area contributed by atoms with Crippen molar-refractivity contribution in [1.82, 2.24) is 20.4 Å². The van der Waals surface area contributed by atoms with Crippen molar-refractivity contribution in [1.29, 1.82) is 0 Å². The largest absolute Gasteiger partial charge is 0.356 e. The molecule has 26 heavy (non-hydrogen) atoms. The van der Waals surface area contributed by atoms with E-state index in [4.69, 9.17) is 0 Å². The Morgan fingerprint density at radius 2 is 2.08 bits per heavy atom. The monoisotopic (exact) mass is 471 g/mol. The zero-order valence-electron chi connectivity index (χ0n) is 15.3. The summed E-state index contributed by atoms with van der Waals surface area (Å²) in [5, 5.41) is 10.9. The first-order valence-electron chi connectivity index (χ1n) is 8.80. The molecule has 0 radical (unpaired) electrons. The molecule has 1 fully saturated rings. The Balaban J connectivity index is 0.00000243. The minimum Gasteiger partial charge on any atom is -0.356 e. The van der Waals surface area contributed by atoms with Gasteiger partial charge in [0.05, 0.1) is 6.20 Å². The van der Waals surface area contributed by atoms with Crippen molar-refractivity contribution in [3.05, 3.63) is 53.6 Å². The third kappa shape index (κ3) is 5.18. The zero-order chi connectivity index (χ0) is 17.7. The average Bonchev–Trinajstić information content (AvgIpc) is 3.29. The summed E-state index contributed by atoms with van der Waals surface area (Å²) in [4.78, 5) is 4.27. The Kier molecular flexibility index (Phi) is 7.43. The van der Waals surface area contributed by atoms with E-state index in [0.29, 0.717) is 6.54 Å². The van der Waals surface area contributed by atoms with E-state index in [1.807, 2.05) is 36.3 Å². The third-order valence-corrected chi connectivity index (χ3v) is 4.81. The number of guanidine groups is 1. The standard InChI is InChI=1S/C19H26FN5.HI/c1-21-18(22-11-5-6-15-12-24-25(2)13-15)23-14-19(9-10-19)16-7-3-4-8-17(16)20;/h3-4,7-8,12-13H,5-6,9-11,14H2,1-2H3,(H2,21,22,23);1H. The van der Waals surface area contributed by atoms with Gasteiger partial charge in [-0.1, -0.05) is 18.2 Å². The van der Waals surface area contributed by atoms with Crippen molar-refractivity contribution in [3.63, 3.8) is 0 Å². The first kappa shape index (κ1) is 20.7. The second-order valence-corrected chi connectivity index (χ2v) is 6.74. The summed E-state index contributed by atoms with van der Waals surface area (Å²) in [6, 6.07) is 7.09. The molecule has 1 aromatic carbocycles. The molecule has 2 N–H and O–H groups in total. The van der Waals surface area contributed by atoms with Crippen LogP contribution in [0.5, 0.6) is 0 Å². The lowest BCUT2D eigenvalue weighted by Gasteiger charge is -2.19. The van der Waals surface area contributed by atoms with Crippen LogP contribution in [0.25, 0.3) is 0 Å². The van der Waals surface area contributed by atoms with Crippen molar-refractivity contribution in [2.75, 3.05) is 20.1 Å². The Morgan fingerprint density at radius 3 is 2.69 bits per heavy atom. The predicted molar refractivity (Wildman–Crippen MR) is 114 cm³/mol. The number of nitrogens with one attached hydrogen (secondary N) is 2. The van der Waals surface area contributed by atoms with E-state index in [2.05, 4.69) is 20.7 Å². The number of nitrogens with zero attached hydrogens (tertiary/aromatic N) is 3. The van der Waals surface area contributed by atoms with Gasteiger partial charge in [-0.2, -0.15) is 5.10 Å². The molecule has 1 saturated carbocycles. The molecule has 1 aliphatic rings. The molecular formula is C19H27FIN5. The first-order chi connectivity index (χ1) is 12.1. The molecule has 7 heteroatoms. The molecule has 0 aliphatic heterocycles. The quantitative estimate of drug-likeness (QED) is 0.283. The summed E-state index contributed by atoms with van der Waals surface area (Å²) in [5.74, 6) is 0.662. The van der Waals surface area contributed by atoms with E-state index < -0.39 is 0 Å². The molecular weight excluding hydrogens is 444 g/mol. The van der Waals surface area contributed by atoms with E-state index in [1.54, 1.807) is 19.2 Å². The van der Waals surface area contributed by atoms with E-state index in [-0.39, 0.29) is 35.2 Å². The van der Waals surface area contributed by atoms with E-state index in [9.17, 15) is 4.39 Å². The van der Waals surface area contributed by atoms with Crippen LogP contribution >= 0.6 is 24.0 Å². The number of hydrogen-bond donors (Lipinski definition) is 2. The van der Waals surface area contributed by atoms with Gasteiger partial charge in [0.15, 0.2) is 5.96 Å². The van der Waals surface area contributed by atoms with Gasteiger partial charge in [-0.15, -0.1) is 24.0 Å². The van der Waals surface area contributed by atoms with Gasteiger partial charge in [-0.3, -0.25) is 9.67 Å². The minimum absolute atomic E-state index is 0. The summed E-state index contributed by atoms with van der Waals surface area (Å²) >= 11 is 0. The summed E-state index contributed by atoms with van der Waals surface area (Å²) in [7, 11) is 3.69. The predicted octanol–water partition coefficient (Wildman–Crippen LogP) is 3.01. The highest BCUT2D eigenvalue weighted by atomic mass is 127. The molecule has 1 aliphatic carbocycles. The van der Waals surface area contributed by atoms with Gasteiger partial charge < -0.3 is 10.6 Å². The maximum atomic E-state index is 14.1. The molecule has 1 heterocycles. The number of aliphatic imine (C=N–C) groups is 1. The number of benzene rings is 1. The smallest absolute Gasteiger partial charge is 0.191 e. The topological polar surface area (TPSA) is 54.2 Å². The maximum Gasteiger partial charge on any atom is 0.191 e. The molecule has 1 aromatic heterocycles. The van der Waals surface area contributed by atoms with Crippen molar-refractivity contribution in [2.45, 2.75) is 31.1 Å². The molecule has 0 saturated heterocycles. The third-order valence-electron chi connectivity index (χ3n) is 4.81. The number of hydrogen-bond acceptors (Lipinski definition) is 2. The lowest BCUT2D eigenvalue weighted by Crippen LogP contribution is -2.41. The fourth-order valence-corrected chi connectivity index (χ4v) is 3.16. The molecule has 0 amide bonds. The molecule has 0 spiro atoms.